The van der Waals surface area contributed by atoms with Gasteiger partial charge in [0.25, 0.3) is 0 Å². The zero-order valence-corrected chi connectivity index (χ0v) is 18.3. The van der Waals surface area contributed by atoms with E-state index < -0.39 is 0 Å². The number of phenols is 1. The van der Waals surface area contributed by atoms with Crippen molar-refractivity contribution >= 4 is 21.5 Å². The van der Waals surface area contributed by atoms with Gasteiger partial charge in [-0.25, -0.2) is 0 Å². The summed E-state index contributed by atoms with van der Waals surface area (Å²) in [5.74, 6) is 1.18. The van der Waals surface area contributed by atoms with E-state index in [0.717, 1.165) is 53.0 Å². The summed E-state index contributed by atoms with van der Waals surface area (Å²) in [6, 6.07) is 12.6. The van der Waals surface area contributed by atoms with Gasteiger partial charge in [-0.3, -0.25) is 0 Å². The molecule has 0 aliphatic carbocycles. The SMILES string of the molecule is COc1c2ccc(CCC=C(C)C)cc2c(O)c2ccc(CCC=C(C)C)cc12. The standard InChI is InChI=1S/C27H32O2/c1-18(2)8-6-10-20-13-15-23-24(16-20)26(28)22-14-12-21(11-7-9-19(3)4)17-25(22)27(23)29-5/h8-9,12-17,28H,6-7,10-11H2,1-5H3. The molecule has 0 atom stereocenters. The van der Waals surface area contributed by atoms with Crippen LogP contribution in [0.4, 0.5) is 0 Å². The van der Waals surface area contributed by atoms with Crippen LogP contribution in [0.1, 0.15) is 51.7 Å². The number of hydrogen-bond acceptors (Lipinski definition) is 2. The zero-order valence-electron chi connectivity index (χ0n) is 18.3. The van der Waals surface area contributed by atoms with Crippen LogP contribution in [0.5, 0.6) is 11.5 Å². The molecule has 0 saturated carbocycles. The van der Waals surface area contributed by atoms with Gasteiger partial charge in [-0.1, -0.05) is 47.6 Å². The van der Waals surface area contributed by atoms with E-state index in [2.05, 4.69) is 70.2 Å². The Morgan fingerprint density at radius 2 is 1.28 bits per heavy atom. The maximum Gasteiger partial charge on any atom is 0.134 e. The van der Waals surface area contributed by atoms with Crippen molar-refractivity contribution in [2.24, 2.45) is 0 Å². The number of rotatable bonds is 7. The second-order valence-electron chi connectivity index (χ2n) is 8.28. The van der Waals surface area contributed by atoms with Gasteiger partial charge in [0.2, 0.25) is 0 Å². The number of aromatic hydroxyl groups is 1. The van der Waals surface area contributed by atoms with Crippen LogP contribution in [0.15, 0.2) is 59.7 Å². The van der Waals surface area contributed by atoms with Crippen molar-refractivity contribution in [2.45, 2.75) is 53.4 Å². The van der Waals surface area contributed by atoms with Gasteiger partial charge in [0.05, 0.1) is 7.11 Å². The fourth-order valence-corrected chi connectivity index (χ4v) is 3.85. The van der Waals surface area contributed by atoms with Gasteiger partial charge >= 0.3 is 0 Å². The van der Waals surface area contributed by atoms with E-state index in [-0.39, 0.29) is 0 Å². The fourth-order valence-electron chi connectivity index (χ4n) is 3.85. The smallest absolute Gasteiger partial charge is 0.134 e. The van der Waals surface area contributed by atoms with Gasteiger partial charge in [0.15, 0.2) is 0 Å². The molecule has 0 bridgehead atoms. The Kier molecular flexibility index (Phi) is 6.64. The van der Waals surface area contributed by atoms with E-state index in [1.807, 2.05) is 6.07 Å². The first-order valence-corrected chi connectivity index (χ1v) is 10.4. The Bertz CT molecular complexity index is 1080. The summed E-state index contributed by atoms with van der Waals surface area (Å²) in [5, 5.41) is 14.7. The van der Waals surface area contributed by atoms with Gasteiger partial charge in [-0.2, -0.15) is 0 Å². The van der Waals surface area contributed by atoms with Crippen LogP contribution in [0.25, 0.3) is 21.5 Å². The Morgan fingerprint density at radius 1 is 0.759 bits per heavy atom. The molecule has 0 aliphatic heterocycles. The van der Waals surface area contributed by atoms with Crippen LogP contribution in [-0.2, 0) is 12.8 Å². The second kappa shape index (κ2) is 9.17. The number of benzene rings is 3. The van der Waals surface area contributed by atoms with Gasteiger partial charge in [-0.15, -0.1) is 0 Å². The molecule has 0 spiro atoms. The third-order valence-electron chi connectivity index (χ3n) is 5.34. The summed E-state index contributed by atoms with van der Waals surface area (Å²) >= 11 is 0. The number of allylic oxidation sites excluding steroid dienone is 4. The third-order valence-corrected chi connectivity index (χ3v) is 5.34. The highest BCUT2D eigenvalue weighted by Gasteiger charge is 2.15. The number of methoxy groups -OCH3 is 1. The van der Waals surface area contributed by atoms with Crippen LogP contribution in [0.3, 0.4) is 0 Å². The lowest BCUT2D eigenvalue weighted by molar-refractivity contribution is 0.423. The Labute approximate surface area is 174 Å². The molecule has 3 aromatic rings. The van der Waals surface area contributed by atoms with E-state index >= 15 is 0 Å². The van der Waals surface area contributed by atoms with Crippen molar-refractivity contribution in [3.63, 3.8) is 0 Å². The average Bonchev–Trinajstić information content (AvgIpc) is 2.68. The third kappa shape index (κ3) is 4.82. The maximum atomic E-state index is 11.0. The van der Waals surface area contributed by atoms with Crippen molar-refractivity contribution in [1.82, 2.24) is 0 Å². The molecule has 29 heavy (non-hydrogen) atoms. The molecule has 0 saturated heterocycles. The first kappa shape index (κ1) is 21.0. The second-order valence-corrected chi connectivity index (χ2v) is 8.28. The van der Waals surface area contributed by atoms with Gasteiger partial charge < -0.3 is 9.84 Å². The predicted octanol–water partition coefficient (Wildman–Crippen LogP) is 7.50. The first-order valence-electron chi connectivity index (χ1n) is 10.4. The highest BCUT2D eigenvalue weighted by molar-refractivity contribution is 6.11. The normalized spacial score (nSPS) is 10.9. The largest absolute Gasteiger partial charge is 0.507 e. The minimum absolute atomic E-state index is 0.343. The molecule has 0 aliphatic rings. The molecule has 3 aromatic carbocycles. The highest BCUT2D eigenvalue weighted by atomic mass is 16.5. The molecule has 0 fully saturated rings. The average molecular weight is 389 g/mol. The molecule has 2 nitrogen and oxygen atoms in total. The molecular weight excluding hydrogens is 356 g/mol. The molecule has 2 heteroatoms. The molecule has 0 unspecified atom stereocenters. The summed E-state index contributed by atoms with van der Waals surface area (Å²) in [5.41, 5.74) is 5.16. The number of phenolic OH excluding ortho intramolecular Hbond substituents is 1. The van der Waals surface area contributed by atoms with Crippen molar-refractivity contribution < 1.29 is 9.84 Å². The van der Waals surface area contributed by atoms with Crippen LogP contribution < -0.4 is 4.74 Å². The first-order chi connectivity index (χ1) is 13.9. The van der Waals surface area contributed by atoms with E-state index in [4.69, 9.17) is 4.74 Å². The Balaban J connectivity index is 2.06. The minimum atomic E-state index is 0.343. The van der Waals surface area contributed by atoms with Gasteiger partial charge in [-0.05, 0) is 76.6 Å². The summed E-state index contributed by atoms with van der Waals surface area (Å²) in [7, 11) is 1.71. The van der Waals surface area contributed by atoms with Gasteiger partial charge in [0.1, 0.15) is 11.5 Å². The molecule has 1 N–H and O–H groups in total. The quantitative estimate of drug-likeness (QED) is 0.335. The number of fused-ring (bicyclic) bond motifs is 2. The maximum absolute atomic E-state index is 11.0. The molecule has 0 radical (unpaired) electrons. The van der Waals surface area contributed by atoms with Crippen LogP contribution in [-0.4, -0.2) is 12.2 Å². The summed E-state index contributed by atoms with van der Waals surface area (Å²) in [6.45, 7) is 8.50. The monoisotopic (exact) mass is 388 g/mol. The number of aryl methyl sites for hydroxylation is 2. The van der Waals surface area contributed by atoms with Gasteiger partial charge in [0, 0.05) is 21.5 Å². The lowest BCUT2D eigenvalue weighted by atomic mass is 9.95. The molecule has 0 aromatic heterocycles. The lowest BCUT2D eigenvalue weighted by Crippen LogP contribution is -1.92. The Hall–Kier alpha value is -2.74. The minimum Gasteiger partial charge on any atom is -0.507 e. The van der Waals surface area contributed by atoms with Crippen LogP contribution in [0.2, 0.25) is 0 Å². The van der Waals surface area contributed by atoms with Crippen molar-refractivity contribution in [1.29, 1.82) is 0 Å². The summed E-state index contributed by atoms with van der Waals surface area (Å²) < 4.78 is 5.81. The summed E-state index contributed by atoms with van der Waals surface area (Å²) in [4.78, 5) is 0. The molecule has 3 rings (SSSR count). The molecule has 0 heterocycles. The Morgan fingerprint density at radius 3 is 1.79 bits per heavy atom. The number of ether oxygens (including phenoxy) is 1. The van der Waals surface area contributed by atoms with Crippen LogP contribution in [0, 0.1) is 0 Å². The number of hydrogen-bond donors (Lipinski definition) is 1. The molecule has 152 valence electrons. The van der Waals surface area contributed by atoms with E-state index in [9.17, 15) is 5.11 Å². The highest BCUT2D eigenvalue weighted by Crippen LogP contribution is 2.42. The summed E-state index contributed by atoms with van der Waals surface area (Å²) in [6.07, 6.45) is 8.48. The van der Waals surface area contributed by atoms with E-state index in [1.54, 1.807) is 7.11 Å². The fraction of sp³-hybridized carbons (Fsp3) is 0.333. The van der Waals surface area contributed by atoms with Crippen LogP contribution >= 0.6 is 0 Å². The van der Waals surface area contributed by atoms with E-state index in [1.165, 1.54) is 22.3 Å². The van der Waals surface area contributed by atoms with Crippen molar-refractivity contribution in [2.75, 3.05) is 7.11 Å². The van der Waals surface area contributed by atoms with E-state index in [0.29, 0.717) is 5.75 Å². The zero-order chi connectivity index (χ0) is 21.0. The molecular formula is C27H32O2. The lowest BCUT2D eigenvalue weighted by Gasteiger charge is -2.15. The topological polar surface area (TPSA) is 29.5 Å². The van der Waals surface area contributed by atoms with Crippen molar-refractivity contribution in [3.8, 4) is 11.5 Å². The molecule has 0 amide bonds. The predicted molar refractivity (Wildman–Crippen MR) is 125 cm³/mol. The van der Waals surface area contributed by atoms with Crippen molar-refractivity contribution in [3.05, 3.63) is 70.8 Å².